The number of sulfonamides is 1. The molecule has 218 valence electrons. The van der Waals surface area contributed by atoms with Gasteiger partial charge in [0.15, 0.2) is 5.82 Å². The first-order chi connectivity index (χ1) is 19.7. The van der Waals surface area contributed by atoms with E-state index in [1.165, 1.54) is 32.1 Å². The Balaban J connectivity index is 1.19. The molecule has 2 aliphatic heterocycles. The van der Waals surface area contributed by atoms with E-state index in [1.807, 2.05) is 25.4 Å². The second-order valence-corrected chi connectivity index (χ2v) is 14.5. The number of anilines is 4. The molecule has 2 spiro atoms. The third-order valence-electron chi connectivity index (χ3n) is 9.76. The van der Waals surface area contributed by atoms with Crippen LogP contribution in [0.4, 0.5) is 22.9 Å². The first-order valence-corrected chi connectivity index (χ1v) is 16.4. The molecule has 3 aromatic rings. The van der Waals surface area contributed by atoms with Crippen LogP contribution in [0.5, 0.6) is 0 Å². The van der Waals surface area contributed by atoms with Crippen LogP contribution in [-0.2, 0) is 17.1 Å². The Bertz CT molecular complexity index is 1620. The molecule has 0 radical (unpaired) electrons. The Hall–Kier alpha value is -3.31. The largest absolute Gasteiger partial charge is 0.395 e. The van der Waals surface area contributed by atoms with Crippen LogP contribution < -0.4 is 19.8 Å². The highest BCUT2D eigenvalue weighted by Crippen LogP contribution is 2.55. The topological polar surface area (TPSA) is 120 Å². The zero-order valence-corrected chi connectivity index (χ0v) is 24.3. The molecule has 2 aliphatic carbocycles. The summed E-state index contributed by atoms with van der Waals surface area (Å²) in [5.41, 5.74) is 4.13. The zero-order valence-electron chi connectivity index (χ0n) is 23.5. The minimum Gasteiger partial charge on any atom is -0.395 e. The van der Waals surface area contributed by atoms with Crippen LogP contribution in [0, 0.1) is 10.8 Å². The molecule has 4 fully saturated rings. The van der Waals surface area contributed by atoms with Crippen molar-refractivity contribution < 1.29 is 18.3 Å². The monoisotopic (exact) mass is 578 g/mol. The van der Waals surface area contributed by atoms with E-state index in [2.05, 4.69) is 24.4 Å². The van der Waals surface area contributed by atoms with Crippen LogP contribution in [0.3, 0.4) is 0 Å². The molecule has 41 heavy (non-hydrogen) atoms. The summed E-state index contributed by atoms with van der Waals surface area (Å²) >= 11 is 0. The van der Waals surface area contributed by atoms with Crippen LogP contribution in [0.1, 0.15) is 55.4 Å². The van der Waals surface area contributed by atoms with Crippen molar-refractivity contribution in [1.29, 1.82) is 0 Å². The Morgan fingerprint density at radius 1 is 0.976 bits per heavy atom. The maximum Gasteiger partial charge on any atom is 0.274 e. The Morgan fingerprint density at radius 3 is 2.37 bits per heavy atom. The van der Waals surface area contributed by atoms with Crippen molar-refractivity contribution in [3.63, 3.8) is 0 Å². The quantitative estimate of drug-likeness (QED) is 0.371. The lowest BCUT2D eigenvalue weighted by Gasteiger charge is -2.35. The summed E-state index contributed by atoms with van der Waals surface area (Å²) in [7, 11) is -1.66. The number of amides is 1. The van der Waals surface area contributed by atoms with Gasteiger partial charge in [-0.05, 0) is 86.1 Å². The highest BCUT2D eigenvalue weighted by molar-refractivity contribution is 7.92. The van der Waals surface area contributed by atoms with Crippen LogP contribution in [0.2, 0.25) is 0 Å². The van der Waals surface area contributed by atoms with Crippen molar-refractivity contribution in [1.82, 2.24) is 9.55 Å². The summed E-state index contributed by atoms with van der Waals surface area (Å²) in [6, 6.07) is 9.07. The van der Waals surface area contributed by atoms with Gasteiger partial charge in [-0.15, -0.1) is 0 Å². The summed E-state index contributed by atoms with van der Waals surface area (Å²) in [4.78, 5) is 23.3. The molecule has 2 saturated carbocycles. The van der Waals surface area contributed by atoms with E-state index in [4.69, 9.17) is 10.1 Å². The molecule has 0 bridgehead atoms. The van der Waals surface area contributed by atoms with E-state index in [0.29, 0.717) is 27.9 Å². The molecule has 3 N–H and O–H groups in total. The van der Waals surface area contributed by atoms with Gasteiger partial charge in [-0.2, -0.15) is 0 Å². The highest BCUT2D eigenvalue weighted by Gasteiger charge is 2.48. The van der Waals surface area contributed by atoms with E-state index in [9.17, 15) is 13.2 Å². The van der Waals surface area contributed by atoms with Gasteiger partial charge in [0, 0.05) is 44.8 Å². The summed E-state index contributed by atoms with van der Waals surface area (Å²) < 4.78 is 29.4. The van der Waals surface area contributed by atoms with Gasteiger partial charge >= 0.3 is 0 Å². The fourth-order valence-electron chi connectivity index (χ4n) is 6.74. The van der Waals surface area contributed by atoms with Crippen LogP contribution in [-0.4, -0.2) is 67.5 Å². The second-order valence-electron chi connectivity index (χ2n) is 12.7. The maximum atomic E-state index is 13.8. The van der Waals surface area contributed by atoms with Crippen molar-refractivity contribution in [2.45, 2.75) is 44.9 Å². The van der Waals surface area contributed by atoms with E-state index in [0.717, 1.165) is 61.4 Å². The van der Waals surface area contributed by atoms with E-state index < -0.39 is 16.6 Å². The summed E-state index contributed by atoms with van der Waals surface area (Å²) in [5, 5.41) is 13.2. The van der Waals surface area contributed by atoms with Crippen LogP contribution >= 0.6 is 0 Å². The number of hydrogen-bond donors (Lipinski definition) is 3. The highest BCUT2D eigenvalue weighted by atomic mass is 32.2. The molecule has 0 atom stereocenters. The number of hydrogen-bond acceptors (Lipinski definition) is 7. The minimum absolute atomic E-state index is 0.289. The van der Waals surface area contributed by atoms with Crippen molar-refractivity contribution >= 4 is 49.7 Å². The number of aryl methyl sites for hydroxylation is 1. The molecular weight excluding hydrogens is 540 g/mol. The zero-order chi connectivity index (χ0) is 28.4. The van der Waals surface area contributed by atoms with Gasteiger partial charge in [0.05, 0.1) is 34.9 Å². The summed E-state index contributed by atoms with van der Waals surface area (Å²) in [5.74, 6) is 0.202. The SMILES string of the molecule is Cn1ccc2cc(C(=O)Nc3ccc(NS(=O)(=O)CCO)cc3N3CCC4(CC3)CC4)nc(N3CCC4(CC4)C3)c21. The van der Waals surface area contributed by atoms with Crippen molar-refractivity contribution in [2.24, 2.45) is 17.9 Å². The van der Waals surface area contributed by atoms with Gasteiger partial charge in [0.2, 0.25) is 10.0 Å². The summed E-state index contributed by atoms with van der Waals surface area (Å²) in [6.07, 6.45) is 10.5. The van der Waals surface area contributed by atoms with E-state index in [-0.39, 0.29) is 11.7 Å². The summed E-state index contributed by atoms with van der Waals surface area (Å²) in [6.45, 7) is 3.19. The number of carbonyl (C=O) groups excluding carboxylic acids is 1. The molecule has 4 heterocycles. The Kier molecular flexibility index (Phi) is 6.24. The smallest absolute Gasteiger partial charge is 0.274 e. The first kappa shape index (κ1) is 26.6. The Morgan fingerprint density at radius 2 is 1.68 bits per heavy atom. The molecule has 4 aliphatic rings. The number of nitrogens with one attached hydrogen (secondary N) is 2. The van der Waals surface area contributed by atoms with E-state index in [1.54, 1.807) is 18.2 Å². The molecule has 2 aromatic heterocycles. The average Bonchev–Trinajstić information content (AvgIpc) is 3.80. The lowest BCUT2D eigenvalue weighted by molar-refractivity contribution is 0.102. The van der Waals surface area contributed by atoms with Crippen LogP contribution in [0.15, 0.2) is 36.5 Å². The minimum atomic E-state index is -3.68. The fraction of sp³-hybridized carbons (Fsp3) is 0.533. The number of pyridine rings is 1. The first-order valence-electron chi connectivity index (χ1n) is 14.7. The van der Waals surface area contributed by atoms with E-state index >= 15 is 0 Å². The standard InChI is InChI=1S/C30H38N6O4S/c1-34-12-4-21-18-24(31-27(26(21)34)36-15-11-30(20-36)7-8-30)28(38)32-23-3-2-22(33-41(39,40)17-16-37)19-25(23)35-13-9-29(5-6-29)10-14-35/h2-4,12,18-19,33,37H,5-11,13-17,20H2,1H3,(H,32,38). The third kappa shape index (κ3) is 5.14. The number of aliphatic hydroxyl groups is 1. The number of nitrogens with zero attached hydrogens (tertiary/aromatic N) is 4. The van der Waals surface area contributed by atoms with Gasteiger partial charge < -0.3 is 24.8 Å². The number of rotatable bonds is 8. The molecular formula is C30H38N6O4S. The number of fused-ring (bicyclic) bond motifs is 1. The number of aliphatic hydroxyl groups excluding tert-OH is 1. The van der Waals surface area contributed by atoms with Crippen LogP contribution in [0.25, 0.3) is 10.9 Å². The number of piperidine rings is 1. The maximum absolute atomic E-state index is 13.8. The molecule has 7 rings (SSSR count). The molecule has 1 amide bonds. The van der Waals surface area contributed by atoms with Crippen molar-refractivity contribution in [3.8, 4) is 0 Å². The van der Waals surface area contributed by atoms with Gasteiger partial charge in [-0.25, -0.2) is 13.4 Å². The predicted octanol–water partition coefficient (Wildman–Crippen LogP) is 3.93. The number of benzene rings is 1. The molecule has 1 aromatic carbocycles. The normalized spacial score (nSPS) is 20.6. The lowest BCUT2D eigenvalue weighted by atomic mass is 9.93. The average molecular weight is 579 g/mol. The number of carbonyl (C=O) groups is 1. The van der Waals surface area contributed by atoms with Gasteiger partial charge in [0.1, 0.15) is 5.69 Å². The lowest BCUT2D eigenvalue weighted by Crippen LogP contribution is -2.35. The molecule has 0 unspecified atom stereocenters. The predicted molar refractivity (Wildman–Crippen MR) is 161 cm³/mol. The molecule has 10 nitrogen and oxygen atoms in total. The van der Waals surface area contributed by atoms with Crippen molar-refractivity contribution in [3.05, 3.63) is 42.2 Å². The second kappa shape index (κ2) is 9.62. The van der Waals surface area contributed by atoms with Crippen molar-refractivity contribution in [2.75, 3.05) is 58.4 Å². The van der Waals surface area contributed by atoms with Gasteiger partial charge in [-0.3, -0.25) is 9.52 Å². The fourth-order valence-corrected chi connectivity index (χ4v) is 7.56. The molecule has 2 saturated heterocycles. The Labute approximate surface area is 240 Å². The third-order valence-corrected chi connectivity index (χ3v) is 11.0. The van der Waals surface area contributed by atoms with Gasteiger partial charge in [0.25, 0.3) is 5.91 Å². The van der Waals surface area contributed by atoms with Gasteiger partial charge in [-0.1, -0.05) is 0 Å². The number of aromatic nitrogens is 2. The molecule has 11 heteroatoms.